The molecule has 0 heterocycles. The molecule has 2 rings (SSSR count). The number of benzene rings is 2. The highest BCUT2D eigenvalue weighted by Crippen LogP contribution is 2.13. The number of hydrogen-bond donors (Lipinski definition) is 0. The van der Waals surface area contributed by atoms with Crippen LogP contribution in [0.4, 0.5) is 4.39 Å². The van der Waals surface area contributed by atoms with E-state index in [0.717, 1.165) is 0 Å². The van der Waals surface area contributed by atoms with E-state index in [9.17, 15) is 14.0 Å². The number of methoxy groups -OCH3 is 1. The van der Waals surface area contributed by atoms with Crippen molar-refractivity contribution in [3.05, 3.63) is 65.5 Å². The van der Waals surface area contributed by atoms with Crippen LogP contribution in [-0.4, -0.2) is 25.5 Å². The summed E-state index contributed by atoms with van der Waals surface area (Å²) in [6.07, 6.45) is 0. The Hall–Kier alpha value is -2.69. The van der Waals surface area contributed by atoms with Gasteiger partial charge in [-0.25, -0.2) is 9.18 Å². The standard InChI is InChI=1S/C16H13FO4/c1-20-16(19)12-4-8-14(9-5-12)21-10-15(18)11-2-6-13(17)7-3-11/h2-9H,10H2,1H3. The second-order valence-corrected chi connectivity index (χ2v) is 4.23. The quantitative estimate of drug-likeness (QED) is 0.627. The van der Waals surface area contributed by atoms with Crippen LogP contribution in [0.15, 0.2) is 48.5 Å². The highest BCUT2D eigenvalue weighted by molar-refractivity contribution is 5.97. The molecule has 0 atom stereocenters. The number of esters is 1. The Kier molecular flexibility index (Phi) is 4.66. The van der Waals surface area contributed by atoms with Gasteiger partial charge in [0.2, 0.25) is 0 Å². The summed E-state index contributed by atoms with van der Waals surface area (Å²) in [5, 5.41) is 0. The van der Waals surface area contributed by atoms with Crippen molar-refractivity contribution < 1.29 is 23.5 Å². The minimum absolute atomic E-state index is 0.163. The van der Waals surface area contributed by atoms with Gasteiger partial charge in [-0.05, 0) is 48.5 Å². The topological polar surface area (TPSA) is 52.6 Å². The van der Waals surface area contributed by atoms with E-state index in [-0.39, 0.29) is 12.4 Å². The molecule has 0 spiro atoms. The van der Waals surface area contributed by atoms with Gasteiger partial charge in [-0.3, -0.25) is 4.79 Å². The van der Waals surface area contributed by atoms with Crippen molar-refractivity contribution in [3.8, 4) is 5.75 Å². The van der Waals surface area contributed by atoms with Crippen molar-refractivity contribution in [2.75, 3.05) is 13.7 Å². The molecule has 0 amide bonds. The van der Waals surface area contributed by atoms with Gasteiger partial charge in [0.05, 0.1) is 12.7 Å². The smallest absolute Gasteiger partial charge is 0.337 e. The zero-order valence-corrected chi connectivity index (χ0v) is 11.3. The van der Waals surface area contributed by atoms with Crippen LogP contribution in [0.5, 0.6) is 5.75 Å². The van der Waals surface area contributed by atoms with Crippen molar-refractivity contribution in [3.63, 3.8) is 0 Å². The summed E-state index contributed by atoms with van der Waals surface area (Å²) < 4.78 is 22.7. The molecule has 21 heavy (non-hydrogen) atoms. The van der Waals surface area contributed by atoms with Crippen LogP contribution in [-0.2, 0) is 4.74 Å². The summed E-state index contributed by atoms with van der Waals surface area (Å²) in [4.78, 5) is 23.1. The molecule has 0 unspecified atom stereocenters. The van der Waals surface area contributed by atoms with Gasteiger partial charge in [0.1, 0.15) is 11.6 Å². The van der Waals surface area contributed by atoms with E-state index in [0.29, 0.717) is 16.9 Å². The third kappa shape index (κ3) is 3.89. The van der Waals surface area contributed by atoms with Crippen molar-refractivity contribution >= 4 is 11.8 Å². The SMILES string of the molecule is COC(=O)c1ccc(OCC(=O)c2ccc(F)cc2)cc1. The highest BCUT2D eigenvalue weighted by Gasteiger charge is 2.08. The van der Waals surface area contributed by atoms with Gasteiger partial charge in [0.25, 0.3) is 0 Å². The average Bonchev–Trinajstić information content (AvgIpc) is 2.53. The van der Waals surface area contributed by atoms with Crippen molar-refractivity contribution in [1.82, 2.24) is 0 Å². The maximum atomic E-state index is 12.8. The Labute approximate surface area is 121 Å². The zero-order chi connectivity index (χ0) is 15.2. The molecule has 2 aromatic carbocycles. The molecule has 0 saturated carbocycles. The van der Waals surface area contributed by atoms with Gasteiger partial charge in [-0.1, -0.05) is 0 Å². The first-order chi connectivity index (χ1) is 10.1. The fourth-order valence-corrected chi connectivity index (χ4v) is 1.67. The lowest BCUT2D eigenvalue weighted by Crippen LogP contribution is -2.11. The molecular weight excluding hydrogens is 275 g/mol. The number of ether oxygens (including phenoxy) is 2. The predicted molar refractivity (Wildman–Crippen MR) is 74.0 cm³/mol. The summed E-state index contributed by atoms with van der Waals surface area (Å²) in [7, 11) is 1.30. The van der Waals surface area contributed by atoms with E-state index in [1.54, 1.807) is 24.3 Å². The van der Waals surface area contributed by atoms with Gasteiger partial charge in [0, 0.05) is 5.56 Å². The fourth-order valence-electron chi connectivity index (χ4n) is 1.67. The molecule has 0 bridgehead atoms. The molecule has 2 aromatic rings. The molecule has 0 N–H and O–H groups in total. The Morgan fingerprint density at radius 1 is 0.952 bits per heavy atom. The first-order valence-electron chi connectivity index (χ1n) is 6.20. The van der Waals surface area contributed by atoms with Crippen LogP contribution >= 0.6 is 0 Å². The maximum absolute atomic E-state index is 12.8. The number of halogens is 1. The minimum atomic E-state index is -0.441. The Morgan fingerprint density at radius 2 is 1.52 bits per heavy atom. The van der Waals surface area contributed by atoms with Gasteiger partial charge >= 0.3 is 5.97 Å². The number of carbonyl (C=O) groups excluding carboxylic acids is 2. The third-order valence-electron chi connectivity index (χ3n) is 2.81. The van der Waals surface area contributed by atoms with Crippen molar-refractivity contribution in [2.45, 2.75) is 0 Å². The molecule has 4 nitrogen and oxygen atoms in total. The number of carbonyl (C=O) groups is 2. The lowest BCUT2D eigenvalue weighted by molar-refractivity contribution is 0.0600. The second kappa shape index (κ2) is 6.65. The van der Waals surface area contributed by atoms with Crippen LogP contribution in [0.3, 0.4) is 0 Å². The molecule has 0 aliphatic carbocycles. The van der Waals surface area contributed by atoms with Crippen LogP contribution in [0.1, 0.15) is 20.7 Å². The highest BCUT2D eigenvalue weighted by atomic mass is 19.1. The monoisotopic (exact) mass is 288 g/mol. The van der Waals surface area contributed by atoms with Gasteiger partial charge < -0.3 is 9.47 Å². The molecule has 0 aliphatic heterocycles. The molecule has 0 saturated heterocycles. The first kappa shape index (κ1) is 14.7. The van der Waals surface area contributed by atoms with Crippen LogP contribution in [0.25, 0.3) is 0 Å². The lowest BCUT2D eigenvalue weighted by Gasteiger charge is -2.06. The molecular formula is C16H13FO4. The molecule has 5 heteroatoms. The summed E-state index contributed by atoms with van der Waals surface area (Å²) in [6.45, 7) is -0.163. The van der Waals surface area contributed by atoms with E-state index < -0.39 is 11.8 Å². The van der Waals surface area contributed by atoms with Crippen LogP contribution in [0.2, 0.25) is 0 Å². The Morgan fingerprint density at radius 3 is 2.10 bits per heavy atom. The molecule has 0 fully saturated rings. The Balaban J connectivity index is 1.95. The third-order valence-corrected chi connectivity index (χ3v) is 2.81. The Bertz CT molecular complexity index is 632. The maximum Gasteiger partial charge on any atom is 0.337 e. The first-order valence-corrected chi connectivity index (χ1v) is 6.20. The molecule has 0 aliphatic rings. The van der Waals surface area contributed by atoms with Crippen molar-refractivity contribution in [2.24, 2.45) is 0 Å². The number of ketones is 1. The molecule has 108 valence electrons. The number of Topliss-reactive ketones (excluding diaryl/α,β-unsaturated/α-hetero) is 1. The van der Waals surface area contributed by atoms with Crippen molar-refractivity contribution in [1.29, 1.82) is 0 Å². The lowest BCUT2D eigenvalue weighted by atomic mass is 10.1. The summed E-state index contributed by atoms with van der Waals surface area (Å²) in [5.74, 6) is -0.639. The van der Waals surface area contributed by atoms with Gasteiger partial charge in [-0.2, -0.15) is 0 Å². The predicted octanol–water partition coefficient (Wildman–Crippen LogP) is 2.87. The molecule has 0 radical (unpaired) electrons. The average molecular weight is 288 g/mol. The van der Waals surface area contributed by atoms with Gasteiger partial charge in [-0.15, -0.1) is 0 Å². The fraction of sp³-hybridized carbons (Fsp3) is 0.125. The van der Waals surface area contributed by atoms with E-state index in [1.165, 1.54) is 31.4 Å². The largest absolute Gasteiger partial charge is 0.485 e. The summed E-state index contributed by atoms with van der Waals surface area (Å²) in [6, 6.07) is 11.5. The van der Waals surface area contributed by atoms with Gasteiger partial charge in [0.15, 0.2) is 12.4 Å². The second-order valence-electron chi connectivity index (χ2n) is 4.23. The minimum Gasteiger partial charge on any atom is -0.485 e. The number of rotatable bonds is 5. The molecule has 0 aromatic heterocycles. The zero-order valence-electron chi connectivity index (χ0n) is 11.3. The van der Waals surface area contributed by atoms with E-state index in [2.05, 4.69) is 4.74 Å². The van der Waals surface area contributed by atoms with Crippen LogP contribution in [0, 0.1) is 5.82 Å². The van der Waals surface area contributed by atoms with E-state index in [4.69, 9.17) is 4.74 Å². The number of hydrogen-bond acceptors (Lipinski definition) is 4. The normalized spacial score (nSPS) is 10.0. The summed E-state index contributed by atoms with van der Waals surface area (Å²) >= 11 is 0. The summed E-state index contributed by atoms with van der Waals surface area (Å²) in [5.41, 5.74) is 0.775. The van der Waals surface area contributed by atoms with E-state index in [1.807, 2.05) is 0 Å². The van der Waals surface area contributed by atoms with E-state index >= 15 is 0 Å². The van der Waals surface area contributed by atoms with Crippen LogP contribution < -0.4 is 4.74 Å².